The molecule has 3 nitrogen and oxygen atoms in total. The van der Waals surface area contributed by atoms with Crippen molar-refractivity contribution in [2.45, 2.75) is 31.4 Å². The highest BCUT2D eigenvalue weighted by Crippen LogP contribution is 2.44. The lowest BCUT2D eigenvalue weighted by atomic mass is 9.88. The zero-order valence-corrected chi connectivity index (χ0v) is 9.54. The molecule has 0 saturated heterocycles. The predicted molar refractivity (Wildman–Crippen MR) is 59.3 cm³/mol. The Bertz CT molecular complexity index is 543. The highest BCUT2D eigenvalue weighted by atomic mass is 19.1. The predicted octanol–water partition coefficient (Wildman–Crippen LogP) is 3.13. The first-order chi connectivity index (χ1) is 8.49. The van der Waals surface area contributed by atoms with Gasteiger partial charge in [0.25, 0.3) is 0 Å². The molecule has 0 spiro atoms. The maximum atomic E-state index is 14.6. The first-order valence-corrected chi connectivity index (χ1v) is 5.65. The Morgan fingerprint density at radius 3 is 2.50 bits per heavy atom. The quantitative estimate of drug-likeness (QED) is 0.878. The Morgan fingerprint density at radius 1 is 1.39 bits per heavy atom. The zero-order chi connectivity index (χ0) is 13.3. The molecule has 5 heteroatoms. The minimum atomic E-state index is -1.79. The van der Waals surface area contributed by atoms with E-state index >= 15 is 0 Å². The summed E-state index contributed by atoms with van der Waals surface area (Å²) < 4.78 is 28.4. The van der Waals surface area contributed by atoms with Gasteiger partial charge in [-0.15, -0.1) is 0 Å². The number of halogens is 2. The molecular formula is C13H11F2NO2. The fraction of sp³-hybridized carbons (Fsp3) is 0.385. The number of nitriles is 1. The van der Waals surface area contributed by atoms with Gasteiger partial charge in [0, 0.05) is 5.56 Å². The van der Waals surface area contributed by atoms with E-state index in [1.54, 1.807) is 6.07 Å². The van der Waals surface area contributed by atoms with Crippen molar-refractivity contribution in [2.24, 2.45) is 0 Å². The summed E-state index contributed by atoms with van der Waals surface area (Å²) >= 11 is 0. The molecule has 2 rings (SSSR count). The molecule has 94 valence electrons. The maximum Gasteiger partial charge on any atom is 0.339 e. The highest BCUT2D eigenvalue weighted by Gasteiger charge is 2.40. The summed E-state index contributed by atoms with van der Waals surface area (Å²) in [5, 5.41) is 17.7. The zero-order valence-electron chi connectivity index (χ0n) is 9.54. The van der Waals surface area contributed by atoms with Crippen LogP contribution in [-0.4, -0.2) is 11.1 Å². The topological polar surface area (TPSA) is 61.1 Å². The SMILES string of the molecule is N#Cc1ccc(C2(F)CCCC2)c(C(=O)O)c1F. The molecule has 0 radical (unpaired) electrons. The number of hydrogen-bond acceptors (Lipinski definition) is 2. The van der Waals surface area contributed by atoms with E-state index in [1.165, 1.54) is 6.07 Å². The van der Waals surface area contributed by atoms with Crippen molar-refractivity contribution < 1.29 is 18.7 Å². The summed E-state index contributed by atoms with van der Waals surface area (Å²) in [4.78, 5) is 11.1. The van der Waals surface area contributed by atoms with Crippen LogP contribution >= 0.6 is 0 Å². The number of nitrogens with zero attached hydrogens (tertiary/aromatic N) is 1. The lowest BCUT2D eigenvalue weighted by molar-refractivity contribution is 0.0680. The summed E-state index contributed by atoms with van der Waals surface area (Å²) in [6.07, 6.45) is 1.69. The number of rotatable bonds is 2. The van der Waals surface area contributed by atoms with Crippen LogP contribution in [0, 0.1) is 17.1 Å². The second kappa shape index (κ2) is 4.37. The third kappa shape index (κ3) is 1.84. The van der Waals surface area contributed by atoms with Crippen molar-refractivity contribution in [3.63, 3.8) is 0 Å². The van der Waals surface area contributed by atoms with E-state index < -0.39 is 23.0 Å². The number of carboxylic acid groups (broad SMARTS) is 1. The van der Waals surface area contributed by atoms with E-state index in [2.05, 4.69) is 0 Å². The fourth-order valence-electron chi connectivity index (χ4n) is 2.45. The molecule has 0 aliphatic heterocycles. The fourth-order valence-corrected chi connectivity index (χ4v) is 2.45. The molecule has 1 saturated carbocycles. The van der Waals surface area contributed by atoms with Gasteiger partial charge < -0.3 is 5.11 Å². The standard InChI is InChI=1S/C13H11F2NO2/c14-11-8(7-16)3-4-9(10(11)12(17)18)13(15)5-1-2-6-13/h3-4H,1-2,5-6H2,(H,17,18). The first kappa shape index (κ1) is 12.5. The van der Waals surface area contributed by atoms with Crippen LogP contribution in [0.5, 0.6) is 0 Å². The Balaban J connectivity index is 2.65. The van der Waals surface area contributed by atoms with Gasteiger partial charge in [-0.2, -0.15) is 5.26 Å². The van der Waals surface area contributed by atoms with Gasteiger partial charge in [0.15, 0.2) is 5.82 Å². The smallest absolute Gasteiger partial charge is 0.339 e. The van der Waals surface area contributed by atoms with Crippen LogP contribution in [0.15, 0.2) is 12.1 Å². The van der Waals surface area contributed by atoms with Gasteiger partial charge >= 0.3 is 5.97 Å². The Kier molecular flexibility index (Phi) is 3.04. The average Bonchev–Trinajstić information content (AvgIpc) is 2.76. The number of carboxylic acids is 1. The molecule has 0 aromatic heterocycles. The second-order valence-corrected chi connectivity index (χ2v) is 4.44. The third-order valence-corrected chi connectivity index (χ3v) is 3.36. The molecule has 1 fully saturated rings. The van der Waals surface area contributed by atoms with Crippen molar-refractivity contribution >= 4 is 5.97 Å². The molecule has 1 aliphatic carbocycles. The van der Waals surface area contributed by atoms with Crippen molar-refractivity contribution in [3.05, 3.63) is 34.6 Å². The molecule has 1 aromatic rings. The Morgan fingerprint density at radius 2 is 2.00 bits per heavy atom. The average molecular weight is 251 g/mol. The molecule has 1 aromatic carbocycles. The van der Waals surface area contributed by atoms with Crippen molar-refractivity contribution in [3.8, 4) is 6.07 Å². The largest absolute Gasteiger partial charge is 0.478 e. The summed E-state index contributed by atoms with van der Waals surface area (Å²) in [6.45, 7) is 0. The van der Waals surface area contributed by atoms with Gasteiger partial charge in [0.2, 0.25) is 0 Å². The van der Waals surface area contributed by atoms with Gasteiger partial charge in [-0.05, 0) is 31.7 Å². The number of benzene rings is 1. The normalized spacial score (nSPS) is 17.4. The van der Waals surface area contributed by atoms with Crippen LogP contribution in [0.4, 0.5) is 8.78 Å². The Hall–Kier alpha value is -1.96. The van der Waals surface area contributed by atoms with Gasteiger partial charge in [-0.25, -0.2) is 13.6 Å². The van der Waals surface area contributed by atoms with Crippen LogP contribution in [-0.2, 0) is 5.67 Å². The second-order valence-electron chi connectivity index (χ2n) is 4.44. The van der Waals surface area contributed by atoms with Crippen molar-refractivity contribution in [1.82, 2.24) is 0 Å². The maximum absolute atomic E-state index is 14.6. The van der Waals surface area contributed by atoms with Crippen LogP contribution in [0.2, 0.25) is 0 Å². The van der Waals surface area contributed by atoms with E-state index in [0.29, 0.717) is 12.8 Å². The monoisotopic (exact) mass is 251 g/mol. The number of hydrogen-bond donors (Lipinski definition) is 1. The lowest BCUT2D eigenvalue weighted by Crippen LogP contribution is -2.21. The molecule has 0 heterocycles. The number of alkyl halides is 1. The van der Waals surface area contributed by atoms with Crippen LogP contribution in [0.3, 0.4) is 0 Å². The van der Waals surface area contributed by atoms with Crippen LogP contribution in [0.25, 0.3) is 0 Å². The third-order valence-electron chi connectivity index (χ3n) is 3.36. The number of carbonyl (C=O) groups is 1. The van der Waals surface area contributed by atoms with E-state index in [1.807, 2.05) is 0 Å². The van der Waals surface area contributed by atoms with Crippen LogP contribution < -0.4 is 0 Å². The van der Waals surface area contributed by atoms with Crippen molar-refractivity contribution in [2.75, 3.05) is 0 Å². The molecule has 0 amide bonds. The van der Waals surface area contributed by atoms with Crippen molar-refractivity contribution in [1.29, 1.82) is 5.26 Å². The van der Waals surface area contributed by atoms with E-state index in [-0.39, 0.29) is 24.0 Å². The summed E-state index contributed by atoms with van der Waals surface area (Å²) in [7, 11) is 0. The molecule has 0 bridgehead atoms. The van der Waals surface area contributed by atoms with Crippen LogP contribution in [0.1, 0.15) is 47.2 Å². The van der Waals surface area contributed by atoms with E-state index in [9.17, 15) is 13.6 Å². The molecule has 18 heavy (non-hydrogen) atoms. The number of aromatic carboxylic acids is 1. The highest BCUT2D eigenvalue weighted by molar-refractivity contribution is 5.90. The van der Waals surface area contributed by atoms with Gasteiger partial charge in [-0.3, -0.25) is 0 Å². The summed E-state index contributed by atoms with van der Waals surface area (Å²) in [5.74, 6) is -2.69. The van der Waals surface area contributed by atoms with Gasteiger partial charge in [0.1, 0.15) is 17.3 Å². The summed E-state index contributed by atoms with van der Waals surface area (Å²) in [5.41, 5.74) is -3.03. The van der Waals surface area contributed by atoms with E-state index in [4.69, 9.17) is 10.4 Å². The first-order valence-electron chi connectivity index (χ1n) is 5.65. The molecular weight excluding hydrogens is 240 g/mol. The van der Waals surface area contributed by atoms with Gasteiger partial charge in [-0.1, -0.05) is 6.07 Å². The molecule has 0 unspecified atom stereocenters. The lowest BCUT2D eigenvalue weighted by Gasteiger charge is -2.22. The molecule has 0 atom stereocenters. The Labute approximate surface area is 103 Å². The minimum absolute atomic E-state index is 0.149. The van der Waals surface area contributed by atoms with E-state index in [0.717, 1.165) is 6.07 Å². The molecule has 1 aliphatic rings. The summed E-state index contributed by atoms with van der Waals surface area (Å²) in [6, 6.07) is 3.91. The minimum Gasteiger partial charge on any atom is -0.478 e. The van der Waals surface area contributed by atoms with Gasteiger partial charge in [0.05, 0.1) is 5.56 Å². The molecule has 1 N–H and O–H groups in total.